The van der Waals surface area contributed by atoms with Gasteiger partial charge in [-0.25, -0.2) is 9.97 Å². The largest absolute Gasteiger partial charge is 0.485 e. The summed E-state index contributed by atoms with van der Waals surface area (Å²) in [7, 11) is 1.59. The summed E-state index contributed by atoms with van der Waals surface area (Å²) < 4.78 is 5.99. The molecule has 1 saturated heterocycles. The van der Waals surface area contributed by atoms with Gasteiger partial charge in [-0.3, -0.25) is 4.79 Å². The molecule has 8 nitrogen and oxygen atoms in total. The molecule has 0 bridgehead atoms. The molecule has 154 valence electrons. The van der Waals surface area contributed by atoms with E-state index in [1.54, 1.807) is 25.2 Å². The lowest BCUT2D eigenvalue weighted by molar-refractivity contribution is 0.0963. The number of nitrogens with zero attached hydrogens (tertiary/aromatic N) is 4. The molecule has 1 aromatic heterocycles. The Hall–Kier alpha value is -3.39. The van der Waals surface area contributed by atoms with Crippen molar-refractivity contribution in [3.8, 4) is 5.75 Å². The number of anilines is 3. The minimum absolute atomic E-state index is 0.0155. The van der Waals surface area contributed by atoms with Crippen molar-refractivity contribution in [1.29, 1.82) is 0 Å². The van der Waals surface area contributed by atoms with E-state index in [9.17, 15) is 4.79 Å². The molecule has 0 aliphatic carbocycles. The molecule has 0 saturated carbocycles. The van der Waals surface area contributed by atoms with Gasteiger partial charge in [0.1, 0.15) is 18.2 Å². The fourth-order valence-corrected chi connectivity index (χ4v) is 3.23. The first kappa shape index (κ1) is 19.9. The third-order valence-electron chi connectivity index (χ3n) is 4.68. The van der Waals surface area contributed by atoms with Gasteiger partial charge in [0.05, 0.1) is 18.1 Å². The molecule has 1 fully saturated rings. The molecule has 1 aliphatic rings. The third-order valence-corrected chi connectivity index (χ3v) is 4.99. The van der Waals surface area contributed by atoms with Crippen molar-refractivity contribution in [2.75, 3.05) is 30.4 Å². The van der Waals surface area contributed by atoms with Crippen molar-refractivity contribution in [1.82, 2.24) is 20.3 Å². The summed E-state index contributed by atoms with van der Waals surface area (Å²) in [5.41, 5.74) is 2.36. The van der Waals surface area contributed by atoms with Crippen molar-refractivity contribution >= 4 is 35.1 Å². The standard InChI is InChI=1S/C21H21ClN6O2/c1-13-6-7-17(22)18(8-13)30-16-10-28(11-16)21-25-12-24-20(27-21)26-15-5-3-4-14(9-15)19(29)23-2/h3-9,12,16H,10-11H2,1-2H3,(H,23,29)(H,24,25,26,27). The van der Waals surface area contributed by atoms with Gasteiger partial charge in [0.25, 0.3) is 5.91 Å². The molecule has 0 unspecified atom stereocenters. The molecular formula is C21H21ClN6O2. The number of hydrogen-bond acceptors (Lipinski definition) is 7. The van der Waals surface area contributed by atoms with Crippen LogP contribution in [0.25, 0.3) is 0 Å². The summed E-state index contributed by atoms with van der Waals surface area (Å²) in [4.78, 5) is 26.7. The van der Waals surface area contributed by atoms with E-state index in [1.165, 1.54) is 6.33 Å². The van der Waals surface area contributed by atoms with Crippen LogP contribution in [0.1, 0.15) is 15.9 Å². The van der Waals surface area contributed by atoms with Crippen LogP contribution in [-0.4, -0.2) is 47.1 Å². The number of amides is 1. The number of rotatable bonds is 6. The summed E-state index contributed by atoms with van der Waals surface area (Å²) in [5.74, 6) is 1.50. The monoisotopic (exact) mass is 424 g/mol. The number of carbonyl (C=O) groups is 1. The van der Waals surface area contributed by atoms with E-state index in [4.69, 9.17) is 16.3 Å². The maximum Gasteiger partial charge on any atom is 0.251 e. The minimum Gasteiger partial charge on any atom is -0.485 e. The Morgan fingerprint density at radius 2 is 2.03 bits per heavy atom. The van der Waals surface area contributed by atoms with E-state index in [0.29, 0.717) is 47.0 Å². The van der Waals surface area contributed by atoms with Crippen LogP contribution in [0, 0.1) is 6.92 Å². The first-order valence-corrected chi connectivity index (χ1v) is 9.85. The van der Waals surface area contributed by atoms with Gasteiger partial charge in [0.15, 0.2) is 0 Å². The van der Waals surface area contributed by atoms with Gasteiger partial charge in [-0.05, 0) is 42.8 Å². The van der Waals surface area contributed by atoms with Crippen LogP contribution in [0.5, 0.6) is 5.75 Å². The average molecular weight is 425 g/mol. The highest BCUT2D eigenvalue weighted by Gasteiger charge is 2.31. The highest BCUT2D eigenvalue weighted by Crippen LogP contribution is 2.29. The second-order valence-corrected chi connectivity index (χ2v) is 7.38. The summed E-state index contributed by atoms with van der Waals surface area (Å²) in [6, 6.07) is 12.8. The second kappa shape index (κ2) is 8.54. The highest BCUT2D eigenvalue weighted by molar-refractivity contribution is 6.32. The first-order chi connectivity index (χ1) is 14.5. The quantitative estimate of drug-likeness (QED) is 0.627. The lowest BCUT2D eigenvalue weighted by Crippen LogP contribution is -2.54. The second-order valence-electron chi connectivity index (χ2n) is 6.97. The lowest BCUT2D eigenvalue weighted by atomic mass is 10.1. The summed E-state index contributed by atoms with van der Waals surface area (Å²) in [6.45, 7) is 3.31. The SMILES string of the molecule is CNC(=O)c1cccc(Nc2ncnc(N3CC(Oc4cc(C)ccc4Cl)C3)n2)c1. The van der Waals surface area contributed by atoms with E-state index in [0.717, 1.165) is 5.56 Å². The van der Waals surface area contributed by atoms with Crippen molar-refractivity contribution in [2.24, 2.45) is 0 Å². The fourth-order valence-electron chi connectivity index (χ4n) is 3.07. The molecule has 2 N–H and O–H groups in total. The van der Waals surface area contributed by atoms with Crippen LogP contribution in [0.3, 0.4) is 0 Å². The Kier molecular flexibility index (Phi) is 5.67. The van der Waals surface area contributed by atoms with E-state index >= 15 is 0 Å². The summed E-state index contributed by atoms with van der Waals surface area (Å²) in [5, 5.41) is 6.32. The molecule has 4 rings (SSSR count). The zero-order valence-corrected chi connectivity index (χ0v) is 17.3. The zero-order valence-electron chi connectivity index (χ0n) is 16.6. The number of carbonyl (C=O) groups excluding carboxylic acids is 1. The van der Waals surface area contributed by atoms with Gasteiger partial charge in [-0.15, -0.1) is 0 Å². The summed E-state index contributed by atoms with van der Waals surface area (Å²) >= 11 is 6.21. The maximum absolute atomic E-state index is 11.8. The van der Waals surface area contributed by atoms with Gasteiger partial charge in [0, 0.05) is 18.3 Å². The molecule has 30 heavy (non-hydrogen) atoms. The Morgan fingerprint density at radius 3 is 2.83 bits per heavy atom. The highest BCUT2D eigenvalue weighted by atomic mass is 35.5. The minimum atomic E-state index is -0.157. The smallest absolute Gasteiger partial charge is 0.251 e. The average Bonchev–Trinajstić information content (AvgIpc) is 2.72. The van der Waals surface area contributed by atoms with Crippen molar-refractivity contribution in [3.05, 3.63) is 64.9 Å². The predicted molar refractivity (Wildman–Crippen MR) is 116 cm³/mol. The molecule has 3 aromatic rings. The van der Waals surface area contributed by atoms with E-state index in [2.05, 4.69) is 25.6 Å². The van der Waals surface area contributed by atoms with Crippen LogP contribution < -0.4 is 20.3 Å². The van der Waals surface area contributed by atoms with Crippen LogP contribution in [-0.2, 0) is 0 Å². The Bertz CT molecular complexity index is 1070. The normalized spacial score (nSPS) is 13.5. The maximum atomic E-state index is 11.8. The van der Waals surface area contributed by atoms with Gasteiger partial charge < -0.3 is 20.3 Å². The number of aryl methyl sites for hydroxylation is 1. The number of aromatic nitrogens is 3. The molecule has 1 amide bonds. The predicted octanol–water partition coefficient (Wildman–Crippen LogP) is 3.20. The Labute approximate surface area is 179 Å². The number of nitrogens with one attached hydrogen (secondary N) is 2. The number of halogens is 1. The van der Waals surface area contributed by atoms with Crippen LogP contribution in [0.15, 0.2) is 48.8 Å². The molecule has 0 radical (unpaired) electrons. The Balaban J connectivity index is 1.39. The Morgan fingerprint density at radius 1 is 1.20 bits per heavy atom. The first-order valence-electron chi connectivity index (χ1n) is 9.48. The number of benzene rings is 2. The van der Waals surface area contributed by atoms with Crippen LogP contribution >= 0.6 is 11.6 Å². The molecule has 1 aliphatic heterocycles. The van der Waals surface area contributed by atoms with Crippen molar-refractivity contribution < 1.29 is 9.53 Å². The fraction of sp³-hybridized carbons (Fsp3) is 0.238. The third kappa shape index (κ3) is 4.44. The van der Waals surface area contributed by atoms with Crippen molar-refractivity contribution in [2.45, 2.75) is 13.0 Å². The van der Waals surface area contributed by atoms with Crippen molar-refractivity contribution in [3.63, 3.8) is 0 Å². The number of hydrogen-bond donors (Lipinski definition) is 2. The molecular weight excluding hydrogens is 404 g/mol. The van der Waals surface area contributed by atoms with E-state index in [-0.39, 0.29) is 12.0 Å². The molecule has 0 atom stereocenters. The summed E-state index contributed by atoms with van der Waals surface area (Å²) in [6.07, 6.45) is 1.47. The molecule has 0 spiro atoms. The zero-order chi connectivity index (χ0) is 21.1. The van der Waals surface area contributed by atoms with E-state index in [1.807, 2.05) is 36.1 Å². The van der Waals surface area contributed by atoms with Crippen LogP contribution in [0.4, 0.5) is 17.6 Å². The number of ether oxygens (including phenoxy) is 1. The van der Waals surface area contributed by atoms with Gasteiger partial charge in [0.2, 0.25) is 11.9 Å². The molecule has 2 aromatic carbocycles. The lowest BCUT2D eigenvalue weighted by Gasteiger charge is -2.39. The van der Waals surface area contributed by atoms with Crippen LogP contribution in [0.2, 0.25) is 5.02 Å². The molecule has 9 heteroatoms. The van der Waals surface area contributed by atoms with Gasteiger partial charge in [-0.2, -0.15) is 4.98 Å². The topological polar surface area (TPSA) is 92.3 Å². The van der Waals surface area contributed by atoms with Gasteiger partial charge >= 0.3 is 0 Å². The van der Waals surface area contributed by atoms with E-state index < -0.39 is 0 Å². The molecule has 2 heterocycles. The van der Waals surface area contributed by atoms with Gasteiger partial charge in [-0.1, -0.05) is 23.7 Å².